The number of esters is 1. The van der Waals surface area contributed by atoms with Gasteiger partial charge in [0.25, 0.3) is 0 Å². The van der Waals surface area contributed by atoms with Crippen molar-refractivity contribution in [3.63, 3.8) is 0 Å². The van der Waals surface area contributed by atoms with E-state index in [1.165, 1.54) is 18.9 Å². The number of tetrazole rings is 1. The summed E-state index contributed by atoms with van der Waals surface area (Å²) in [4.78, 5) is 13.3. The van der Waals surface area contributed by atoms with Crippen molar-refractivity contribution in [3.8, 4) is 17.2 Å². The molecule has 1 unspecified atom stereocenters. The Bertz CT molecular complexity index is 1130. The van der Waals surface area contributed by atoms with Crippen LogP contribution in [-0.2, 0) is 16.1 Å². The lowest BCUT2D eigenvalue weighted by molar-refractivity contribution is -0.140. The number of anilines is 1. The van der Waals surface area contributed by atoms with Gasteiger partial charge in [0.05, 0.1) is 32.5 Å². The lowest BCUT2D eigenvalue weighted by atomic mass is 9.94. The van der Waals surface area contributed by atoms with E-state index >= 15 is 0 Å². The Morgan fingerprint density at radius 3 is 2.38 bits per heavy atom. The Morgan fingerprint density at radius 2 is 1.75 bits per heavy atom. The Hall–Kier alpha value is -4.08. The SMILES string of the molecule is COc1cc(OC)c(C2C(C(=O)OCc3ccccc3)=C(C)Nc3nnnn32)c(OC)c1. The molecule has 0 amide bonds. The summed E-state index contributed by atoms with van der Waals surface area (Å²) in [7, 11) is 4.61. The molecule has 4 rings (SSSR count). The quantitative estimate of drug-likeness (QED) is 0.558. The van der Waals surface area contributed by atoms with Crippen LogP contribution in [0.25, 0.3) is 0 Å². The highest BCUT2D eigenvalue weighted by atomic mass is 16.5. The number of methoxy groups -OCH3 is 3. The number of nitrogens with one attached hydrogen (secondary N) is 1. The first kappa shape index (κ1) is 21.2. The van der Waals surface area contributed by atoms with E-state index in [-0.39, 0.29) is 6.61 Å². The van der Waals surface area contributed by atoms with Gasteiger partial charge in [0.1, 0.15) is 29.9 Å². The molecule has 2 heterocycles. The fourth-order valence-electron chi connectivity index (χ4n) is 3.65. The van der Waals surface area contributed by atoms with E-state index < -0.39 is 12.0 Å². The van der Waals surface area contributed by atoms with E-state index in [2.05, 4.69) is 20.8 Å². The highest BCUT2D eigenvalue weighted by molar-refractivity contribution is 5.93. The van der Waals surface area contributed by atoms with Crippen LogP contribution in [0.5, 0.6) is 17.2 Å². The third-order valence-corrected chi connectivity index (χ3v) is 5.17. The van der Waals surface area contributed by atoms with E-state index in [0.717, 1.165) is 5.56 Å². The molecule has 1 aromatic heterocycles. The molecule has 0 spiro atoms. The predicted octanol–water partition coefficient (Wildman–Crippen LogP) is 2.73. The van der Waals surface area contributed by atoms with Crippen molar-refractivity contribution >= 4 is 11.9 Å². The number of nitrogens with zero attached hydrogens (tertiary/aromatic N) is 4. The van der Waals surface area contributed by atoms with Gasteiger partial charge in [-0.3, -0.25) is 0 Å². The van der Waals surface area contributed by atoms with Gasteiger partial charge in [0.2, 0.25) is 5.95 Å². The summed E-state index contributed by atoms with van der Waals surface area (Å²) >= 11 is 0. The van der Waals surface area contributed by atoms with Crippen LogP contribution in [0.2, 0.25) is 0 Å². The molecule has 10 heteroatoms. The summed E-state index contributed by atoms with van der Waals surface area (Å²) in [6.07, 6.45) is 0. The second-order valence-corrected chi connectivity index (χ2v) is 7.02. The number of benzene rings is 2. The Labute approximate surface area is 184 Å². The molecule has 0 saturated heterocycles. The van der Waals surface area contributed by atoms with Gasteiger partial charge in [0, 0.05) is 17.8 Å². The number of aromatic nitrogens is 4. The van der Waals surface area contributed by atoms with Crippen LogP contribution in [0.1, 0.15) is 24.1 Å². The topological polar surface area (TPSA) is 110 Å². The first-order valence-corrected chi connectivity index (χ1v) is 9.84. The zero-order chi connectivity index (χ0) is 22.7. The number of rotatable bonds is 7. The zero-order valence-corrected chi connectivity index (χ0v) is 18.2. The summed E-state index contributed by atoms with van der Waals surface area (Å²) < 4.78 is 23.8. The van der Waals surface area contributed by atoms with Crippen molar-refractivity contribution in [2.75, 3.05) is 26.6 Å². The standard InChI is InChI=1S/C22H23N5O5/c1-13-18(21(28)32-12-14-8-6-5-7-9-14)20(27-22(23-13)24-25-26-27)19-16(30-3)10-15(29-2)11-17(19)31-4/h5-11,20H,12H2,1-4H3,(H,23,24,26). The van der Waals surface area contributed by atoms with Crippen molar-refractivity contribution in [3.05, 3.63) is 64.9 Å². The third kappa shape index (κ3) is 3.82. The second kappa shape index (κ2) is 8.96. The van der Waals surface area contributed by atoms with Crippen LogP contribution in [0.15, 0.2) is 53.7 Å². The molecule has 166 valence electrons. The van der Waals surface area contributed by atoms with Crippen molar-refractivity contribution in [1.82, 2.24) is 20.2 Å². The van der Waals surface area contributed by atoms with Crippen LogP contribution < -0.4 is 19.5 Å². The molecule has 0 saturated carbocycles. The van der Waals surface area contributed by atoms with Gasteiger partial charge >= 0.3 is 5.97 Å². The van der Waals surface area contributed by atoms with Gasteiger partial charge < -0.3 is 24.3 Å². The summed E-state index contributed by atoms with van der Waals surface area (Å²) in [5.41, 5.74) is 2.34. The monoisotopic (exact) mass is 437 g/mol. The maximum atomic E-state index is 13.3. The Kier molecular flexibility index (Phi) is 5.93. The van der Waals surface area contributed by atoms with E-state index in [0.29, 0.717) is 40.0 Å². The van der Waals surface area contributed by atoms with Crippen LogP contribution in [0.3, 0.4) is 0 Å². The molecule has 32 heavy (non-hydrogen) atoms. The van der Waals surface area contributed by atoms with Crippen LogP contribution in [0, 0.1) is 0 Å². The molecule has 3 aromatic rings. The number of ether oxygens (including phenoxy) is 4. The molecule has 0 bridgehead atoms. The van der Waals surface area contributed by atoms with Crippen molar-refractivity contribution in [2.45, 2.75) is 19.6 Å². The number of fused-ring (bicyclic) bond motifs is 1. The molecule has 1 atom stereocenters. The molecule has 10 nitrogen and oxygen atoms in total. The van der Waals surface area contributed by atoms with Gasteiger partial charge in [-0.15, -0.1) is 0 Å². The summed E-state index contributed by atoms with van der Waals surface area (Å²) in [5.74, 6) is 1.32. The van der Waals surface area contributed by atoms with Crippen molar-refractivity contribution in [2.24, 2.45) is 0 Å². The Balaban J connectivity index is 1.80. The second-order valence-electron chi connectivity index (χ2n) is 7.02. The largest absolute Gasteiger partial charge is 0.496 e. The van der Waals surface area contributed by atoms with E-state index in [1.807, 2.05) is 30.3 Å². The summed E-state index contributed by atoms with van der Waals surface area (Å²) in [5, 5.41) is 14.9. The van der Waals surface area contributed by atoms with Crippen molar-refractivity contribution in [1.29, 1.82) is 0 Å². The highest BCUT2D eigenvalue weighted by Crippen LogP contribution is 2.45. The average Bonchev–Trinajstić information content (AvgIpc) is 3.29. The number of hydrogen-bond acceptors (Lipinski definition) is 9. The number of carbonyl (C=O) groups excluding carboxylic acids is 1. The number of allylic oxidation sites excluding steroid dienone is 1. The van der Waals surface area contributed by atoms with Crippen LogP contribution in [0.4, 0.5) is 5.95 Å². The van der Waals surface area contributed by atoms with Gasteiger partial charge in [-0.25, -0.2) is 4.79 Å². The van der Waals surface area contributed by atoms with Gasteiger partial charge in [-0.05, 0) is 22.9 Å². The minimum atomic E-state index is -0.750. The van der Waals surface area contributed by atoms with Gasteiger partial charge in [-0.1, -0.05) is 35.4 Å². The maximum Gasteiger partial charge on any atom is 0.338 e. The first-order chi connectivity index (χ1) is 15.6. The van der Waals surface area contributed by atoms with E-state index in [9.17, 15) is 4.79 Å². The first-order valence-electron chi connectivity index (χ1n) is 9.84. The fraction of sp³-hybridized carbons (Fsp3) is 0.273. The molecular formula is C22H23N5O5. The third-order valence-electron chi connectivity index (χ3n) is 5.17. The number of carbonyl (C=O) groups is 1. The molecular weight excluding hydrogens is 414 g/mol. The van der Waals surface area contributed by atoms with E-state index in [1.54, 1.807) is 26.2 Å². The minimum absolute atomic E-state index is 0.128. The predicted molar refractivity (Wildman–Crippen MR) is 115 cm³/mol. The normalized spacial score (nSPS) is 14.9. The van der Waals surface area contributed by atoms with Gasteiger partial charge in [-0.2, -0.15) is 4.68 Å². The summed E-state index contributed by atoms with van der Waals surface area (Å²) in [6, 6.07) is 12.1. The van der Waals surface area contributed by atoms with Gasteiger partial charge in [0.15, 0.2) is 0 Å². The smallest absolute Gasteiger partial charge is 0.338 e. The number of hydrogen-bond donors (Lipinski definition) is 1. The Morgan fingerprint density at radius 1 is 1.06 bits per heavy atom. The molecule has 0 fully saturated rings. The maximum absolute atomic E-state index is 13.3. The molecule has 1 aliphatic heterocycles. The molecule has 0 radical (unpaired) electrons. The molecule has 1 aliphatic rings. The molecule has 0 aliphatic carbocycles. The van der Waals surface area contributed by atoms with Crippen LogP contribution in [-0.4, -0.2) is 47.5 Å². The fourth-order valence-corrected chi connectivity index (χ4v) is 3.65. The average molecular weight is 437 g/mol. The zero-order valence-electron chi connectivity index (χ0n) is 18.2. The van der Waals surface area contributed by atoms with E-state index in [4.69, 9.17) is 18.9 Å². The summed E-state index contributed by atoms with van der Waals surface area (Å²) in [6.45, 7) is 1.90. The van der Waals surface area contributed by atoms with Crippen LogP contribution >= 0.6 is 0 Å². The lowest BCUT2D eigenvalue weighted by Gasteiger charge is -2.29. The lowest BCUT2D eigenvalue weighted by Crippen LogP contribution is -2.30. The highest BCUT2D eigenvalue weighted by Gasteiger charge is 2.38. The molecule has 2 aromatic carbocycles. The minimum Gasteiger partial charge on any atom is -0.496 e. The van der Waals surface area contributed by atoms with Crippen molar-refractivity contribution < 1.29 is 23.7 Å². The molecule has 1 N–H and O–H groups in total.